The molecule has 0 spiro atoms. The number of rotatable bonds is 0. The Morgan fingerprint density at radius 2 is 2.14 bits per heavy atom. The summed E-state index contributed by atoms with van der Waals surface area (Å²) in [5.41, 5.74) is 0.241. The van der Waals surface area contributed by atoms with Gasteiger partial charge in [0.25, 0.3) is 0 Å². The van der Waals surface area contributed by atoms with Crippen molar-refractivity contribution < 1.29 is 4.39 Å². The molecule has 0 aliphatic carbocycles. The number of nitrogens with zero attached hydrogens (tertiary/aromatic N) is 2. The van der Waals surface area contributed by atoms with Gasteiger partial charge in [-0.1, -0.05) is 11.6 Å². The van der Waals surface area contributed by atoms with Gasteiger partial charge in [-0.25, -0.2) is 9.37 Å². The normalized spacial score (nSPS) is 10.1. The molecule has 0 fully saturated rings. The Kier molecular flexibility index (Phi) is 2.06. The molecule has 2 nitrogen and oxygen atoms in total. The van der Waals surface area contributed by atoms with Crippen LogP contribution in [0.5, 0.6) is 0 Å². The maximum absolute atomic E-state index is 13.4. The first-order valence-electron chi connectivity index (χ1n) is 3.86. The molecule has 1 heterocycles. The van der Waals surface area contributed by atoms with Crippen molar-refractivity contribution in [2.24, 2.45) is 0 Å². The summed E-state index contributed by atoms with van der Waals surface area (Å²) in [6.45, 7) is 0. The van der Waals surface area contributed by atoms with Crippen LogP contribution in [0.4, 0.5) is 4.39 Å². The first-order valence-corrected chi connectivity index (χ1v) is 4.24. The SMILES string of the molecule is N#Cc1cc(F)c2ccnc(Cl)c2c1. The molecule has 0 aliphatic rings. The van der Waals surface area contributed by atoms with Crippen molar-refractivity contribution in [2.45, 2.75) is 0 Å². The quantitative estimate of drug-likeness (QED) is 0.622. The van der Waals surface area contributed by atoms with E-state index >= 15 is 0 Å². The highest BCUT2D eigenvalue weighted by atomic mass is 35.5. The van der Waals surface area contributed by atoms with Crippen LogP contribution in [-0.4, -0.2) is 4.98 Å². The van der Waals surface area contributed by atoms with Crippen LogP contribution in [0, 0.1) is 17.1 Å². The average molecular weight is 207 g/mol. The van der Waals surface area contributed by atoms with Crippen molar-refractivity contribution >= 4 is 22.4 Å². The van der Waals surface area contributed by atoms with Crippen LogP contribution in [-0.2, 0) is 0 Å². The van der Waals surface area contributed by atoms with Gasteiger partial charge in [0.15, 0.2) is 0 Å². The lowest BCUT2D eigenvalue weighted by Gasteiger charge is -2.00. The highest BCUT2D eigenvalue weighted by molar-refractivity contribution is 6.34. The Morgan fingerprint density at radius 1 is 1.36 bits per heavy atom. The molecule has 2 aromatic rings. The molecule has 0 amide bonds. The molecule has 0 saturated heterocycles. The van der Waals surface area contributed by atoms with Crippen LogP contribution in [0.3, 0.4) is 0 Å². The fourth-order valence-electron chi connectivity index (χ4n) is 1.27. The Bertz CT molecular complexity index is 546. The van der Waals surface area contributed by atoms with E-state index < -0.39 is 5.82 Å². The van der Waals surface area contributed by atoms with Crippen molar-refractivity contribution in [1.29, 1.82) is 5.26 Å². The number of hydrogen-bond acceptors (Lipinski definition) is 2. The molecule has 0 bridgehead atoms. The van der Waals surface area contributed by atoms with Crippen LogP contribution in [0.15, 0.2) is 24.4 Å². The predicted molar refractivity (Wildman–Crippen MR) is 51.4 cm³/mol. The largest absolute Gasteiger partial charge is 0.244 e. The second-order valence-electron chi connectivity index (χ2n) is 2.77. The minimum Gasteiger partial charge on any atom is -0.244 e. The van der Waals surface area contributed by atoms with Gasteiger partial charge in [0.2, 0.25) is 0 Å². The first kappa shape index (κ1) is 8.92. The van der Waals surface area contributed by atoms with Gasteiger partial charge in [0.1, 0.15) is 11.0 Å². The van der Waals surface area contributed by atoms with Crippen LogP contribution in [0.2, 0.25) is 5.15 Å². The molecule has 1 aromatic carbocycles. The van der Waals surface area contributed by atoms with E-state index in [4.69, 9.17) is 16.9 Å². The molecule has 68 valence electrons. The van der Waals surface area contributed by atoms with Gasteiger partial charge in [-0.2, -0.15) is 5.26 Å². The Morgan fingerprint density at radius 3 is 2.86 bits per heavy atom. The minimum atomic E-state index is -0.455. The van der Waals surface area contributed by atoms with Crippen molar-refractivity contribution in [3.05, 3.63) is 40.9 Å². The second-order valence-corrected chi connectivity index (χ2v) is 3.12. The maximum Gasteiger partial charge on any atom is 0.136 e. The number of benzene rings is 1. The van der Waals surface area contributed by atoms with Crippen molar-refractivity contribution in [1.82, 2.24) is 4.98 Å². The standard InChI is InChI=1S/C10H4ClFN2/c11-10-8-3-6(5-13)4-9(12)7(8)1-2-14-10/h1-4H. The van der Waals surface area contributed by atoms with Crippen LogP contribution in [0.1, 0.15) is 5.56 Å². The highest BCUT2D eigenvalue weighted by Crippen LogP contribution is 2.24. The zero-order valence-electron chi connectivity index (χ0n) is 6.96. The summed E-state index contributed by atoms with van der Waals surface area (Å²) in [6, 6.07) is 6.09. The van der Waals surface area contributed by atoms with Gasteiger partial charge < -0.3 is 0 Å². The molecule has 4 heteroatoms. The van der Waals surface area contributed by atoms with E-state index in [1.807, 2.05) is 6.07 Å². The third-order valence-electron chi connectivity index (χ3n) is 1.91. The van der Waals surface area contributed by atoms with Gasteiger partial charge in [0, 0.05) is 17.0 Å². The number of halogens is 2. The lowest BCUT2D eigenvalue weighted by molar-refractivity contribution is 0.639. The van der Waals surface area contributed by atoms with E-state index in [-0.39, 0.29) is 10.7 Å². The molecular weight excluding hydrogens is 203 g/mol. The molecule has 0 aliphatic heterocycles. The summed E-state index contributed by atoms with van der Waals surface area (Å²) in [6.07, 6.45) is 1.43. The van der Waals surface area contributed by atoms with Gasteiger partial charge in [0.05, 0.1) is 11.6 Å². The van der Waals surface area contributed by atoms with Crippen LogP contribution < -0.4 is 0 Å². The van der Waals surface area contributed by atoms with Crippen molar-refractivity contribution in [3.8, 4) is 6.07 Å². The molecule has 14 heavy (non-hydrogen) atoms. The van der Waals surface area contributed by atoms with E-state index in [2.05, 4.69) is 4.98 Å². The summed E-state index contributed by atoms with van der Waals surface area (Å²) in [7, 11) is 0. The zero-order valence-corrected chi connectivity index (χ0v) is 7.72. The van der Waals surface area contributed by atoms with E-state index in [9.17, 15) is 4.39 Å². The topological polar surface area (TPSA) is 36.7 Å². The van der Waals surface area contributed by atoms with E-state index in [0.29, 0.717) is 10.8 Å². The summed E-state index contributed by atoms with van der Waals surface area (Å²) in [5, 5.41) is 9.68. The van der Waals surface area contributed by atoms with Gasteiger partial charge >= 0.3 is 0 Å². The summed E-state index contributed by atoms with van der Waals surface area (Å²) in [4.78, 5) is 3.81. The third-order valence-corrected chi connectivity index (χ3v) is 2.21. The molecule has 0 N–H and O–H groups in total. The Balaban J connectivity index is 2.92. The fraction of sp³-hybridized carbons (Fsp3) is 0. The monoisotopic (exact) mass is 206 g/mol. The van der Waals surface area contributed by atoms with Gasteiger partial charge in [-0.3, -0.25) is 0 Å². The van der Waals surface area contributed by atoms with Gasteiger partial charge in [-0.15, -0.1) is 0 Å². The molecule has 0 unspecified atom stereocenters. The highest BCUT2D eigenvalue weighted by Gasteiger charge is 2.06. The lowest BCUT2D eigenvalue weighted by atomic mass is 10.1. The summed E-state index contributed by atoms with van der Waals surface area (Å²) >= 11 is 5.77. The van der Waals surface area contributed by atoms with Crippen molar-refractivity contribution in [3.63, 3.8) is 0 Å². The smallest absolute Gasteiger partial charge is 0.136 e. The molecule has 1 aromatic heterocycles. The fourth-order valence-corrected chi connectivity index (χ4v) is 1.48. The molecule has 0 atom stereocenters. The summed E-state index contributed by atoms with van der Waals surface area (Å²) in [5.74, 6) is -0.455. The number of aromatic nitrogens is 1. The first-order chi connectivity index (χ1) is 6.72. The number of hydrogen-bond donors (Lipinski definition) is 0. The molecule has 0 radical (unpaired) electrons. The molecular formula is C10H4ClFN2. The van der Waals surface area contributed by atoms with E-state index in [1.54, 1.807) is 0 Å². The second kappa shape index (κ2) is 3.24. The molecule has 0 saturated carbocycles. The van der Waals surface area contributed by atoms with Crippen molar-refractivity contribution in [2.75, 3.05) is 0 Å². The number of pyridine rings is 1. The Labute approximate surface area is 84.6 Å². The average Bonchev–Trinajstić information content (AvgIpc) is 2.19. The number of fused-ring (bicyclic) bond motifs is 1. The van der Waals surface area contributed by atoms with Gasteiger partial charge in [-0.05, 0) is 18.2 Å². The van der Waals surface area contributed by atoms with Crippen LogP contribution in [0.25, 0.3) is 10.8 Å². The molecule has 2 rings (SSSR count). The third kappa shape index (κ3) is 1.30. The van der Waals surface area contributed by atoms with E-state index in [0.717, 1.165) is 0 Å². The van der Waals surface area contributed by atoms with Crippen LogP contribution >= 0.6 is 11.6 Å². The number of nitriles is 1. The van der Waals surface area contributed by atoms with E-state index in [1.165, 1.54) is 24.4 Å². The minimum absolute atomic E-state index is 0.207. The summed E-state index contributed by atoms with van der Waals surface area (Å²) < 4.78 is 13.4. The predicted octanol–water partition coefficient (Wildman–Crippen LogP) is 2.90. The zero-order chi connectivity index (χ0) is 10.1. The Hall–Kier alpha value is -1.66. The maximum atomic E-state index is 13.4. The lowest BCUT2D eigenvalue weighted by Crippen LogP contribution is -1.85.